The van der Waals surface area contributed by atoms with Crippen molar-refractivity contribution in [2.75, 3.05) is 32.9 Å². The summed E-state index contributed by atoms with van der Waals surface area (Å²) in [5, 5.41) is 3.23. The SMILES string of the molecule is CCOc1ccc([C@@H]2C[C@H]2NC(=O)N2CCC3(CCOCC3)C2)cc1. The van der Waals surface area contributed by atoms with Crippen LogP contribution in [-0.4, -0.2) is 49.9 Å². The van der Waals surface area contributed by atoms with Crippen molar-refractivity contribution in [2.45, 2.75) is 44.6 Å². The molecule has 0 bridgehead atoms. The van der Waals surface area contributed by atoms with Gasteiger partial charge in [-0.3, -0.25) is 0 Å². The molecule has 1 aliphatic carbocycles. The molecule has 2 atom stereocenters. The van der Waals surface area contributed by atoms with Gasteiger partial charge in [-0.15, -0.1) is 0 Å². The number of hydrogen-bond acceptors (Lipinski definition) is 3. The van der Waals surface area contributed by atoms with Crippen LogP contribution in [0.25, 0.3) is 0 Å². The van der Waals surface area contributed by atoms with Crippen molar-refractivity contribution in [1.82, 2.24) is 10.2 Å². The molecule has 25 heavy (non-hydrogen) atoms. The second-order valence-corrected chi connectivity index (χ2v) is 7.68. The van der Waals surface area contributed by atoms with Crippen molar-refractivity contribution in [2.24, 2.45) is 5.41 Å². The molecule has 136 valence electrons. The molecule has 5 nitrogen and oxygen atoms in total. The van der Waals surface area contributed by atoms with Gasteiger partial charge in [0.2, 0.25) is 0 Å². The lowest BCUT2D eigenvalue weighted by atomic mass is 9.80. The highest BCUT2D eigenvalue weighted by atomic mass is 16.5. The number of urea groups is 1. The number of rotatable bonds is 4. The molecule has 2 heterocycles. The molecular formula is C20H28N2O3. The van der Waals surface area contributed by atoms with E-state index in [9.17, 15) is 4.79 Å². The first-order valence-electron chi connectivity index (χ1n) is 9.55. The number of hydrogen-bond donors (Lipinski definition) is 1. The smallest absolute Gasteiger partial charge is 0.317 e. The van der Waals surface area contributed by atoms with Crippen molar-refractivity contribution in [3.8, 4) is 5.75 Å². The van der Waals surface area contributed by atoms with E-state index in [4.69, 9.17) is 9.47 Å². The van der Waals surface area contributed by atoms with Gasteiger partial charge in [-0.05, 0) is 55.7 Å². The van der Waals surface area contributed by atoms with E-state index in [2.05, 4.69) is 17.4 Å². The minimum atomic E-state index is 0.113. The zero-order valence-electron chi connectivity index (χ0n) is 15.0. The van der Waals surface area contributed by atoms with Gasteiger partial charge in [0, 0.05) is 38.3 Å². The molecule has 3 aliphatic rings. The Kier molecular flexibility index (Phi) is 4.59. The first kappa shape index (κ1) is 16.7. The van der Waals surface area contributed by atoms with Gasteiger partial charge in [0.25, 0.3) is 0 Å². The number of amides is 2. The van der Waals surface area contributed by atoms with E-state index >= 15 is 0 Å². The van der Waals surface area contributed by atoms with E-state index in [1.165, 1.54) is 5.56 Å². The Morgan fingerprint density at radius 2 is 2.04 bits per heavy atom. The summed E-state index contributed by atoms with van der Waals surface area (Å²) in [6.07, 6.45) is 4.34. The second-order valence-electron chi connectivity index (χ2n) is 7.68. The van der Waals surface area contributed by atoms with Gasteiger partial charge >= 0.3 is 6.03 Å². The van der Waals surface area contributed by atoms with Crippen molar-refractivity contribution in [1.29, 1.82) is 0 Å². The molecule has 2 saturated heterocycles. The van der Waals surface area contributed by atoms with Crippen LogP contribution in [0.4, 0.5) is 4.79 Å². The number of carbonyl (C=O) groups is 1. The summed E-state index contributed by atoms with van der Waals surface area (Å²) in [6.45, 7) is 6.14. The summed E-state index contributed by atoms with van der Waals surface area (Å²) < 4.78 is 11.0. The zero-order valence-corrected chi connectivity index (χ0v) is 15.0. The van der Waals surface area contributed by atoms with Gasteiger partial charge in [0.05, 0.1) is 6.61 Å². The van der Waals surface area contributed by atoms with E-state index in [1.807, 2.05) is 24.0 Å². The van der Waals surface area contributed by atoms with Crippen LogP contribution < -0.4 is 10.1 Å². The standard InChI is InChI=1S/C20H28N2O3/c1-2-25-16-5-3-15(4-6-16)17-13-18(17)21-19(23)22-10-7-20(14-22)8-11-24-12-9-20/h3-6,17-18H,2,7-14H2,1H3,(H,21,23)/t17-,18+/m0/s1. The van der Waals surface area contributed by atoms with E-state index in [1.54, 1.807) is 0 Å². The Bertz CT molecular complexity index is 610. The van der Waals surface area contributed by atoms with Gasteiger partial charge in [-0.25, -0.2) is 4.79 Å². The summed E-state index contributed by atoms with van der Waals surface area (Å²) in [7, 11) is 0. The van der Waals surface area contributed by atoms with Crippen molar-refractivity contribution < 1.29 is 14.3 Å². The lowest BCUT2D eigenvalue weighted by Crippen LogP contribution is -2.42. The molecule has 0 aromatic heterocycles. The maximum Gasteiger partial charge on any atom is 0.317 e. The van der Waals surface area contributed by atoms with E-state index in [-0.39, 0.29) is 12.1 Å². The molecule has 0 unspecified atom stereocenters. The molecule has 3 fully saturated rings. The Morgan fingerprint density at radius 1 is 1.28 bits per heavy atom. The summed E-state index contributed by atoms with van der Waals surface area (Å²) in [6, 6.07) is 8.67. The van der Waals surface area contributed by atoms with Gasteiger partial charge < -0.3 is 19.7 Å². The molecular weight excluding hydrogens is 316 g/mol. The Morgan fingerprint density at radius 3 is 2.76 bits per heavy atom. The lowest BCUT2D eigenvalue weighted by Gasteiger charge is -2.33. The zero-order chi connectivity index (χ0) is 17.3. The van der Waals surface area contributed by atoms with Crippen molar-refractivity contribution in [3.63, 3.8) is 0 Å². The quantitative estimate of drug-likeness (QED) is 0.913. The Balaban J connectivity index is 1.28. The predicted octanol–water partition coefficient (Wildman–Crippen LogP) is 3.15. The monoisotopic (exact) mass is 344 g/mol. The highest BCUT2D eigenvalue weighted by Crippen LogP contribution is 2.42. The molecule has 1 aromatic carbocycles. The third-order valence-electron chi connectivity index (χ3n) is 6.00. The lowest BCUT2D eigenvalue weighted by molar-refractivity contribution is 0.0208. The van der Waals surface area contributed by atoms with Crippen LogP contribution in [0.5, 0.6) is 5.75 Å². The topological polar surface area (TPSA) is 50.8 Å². The van der Waals surface area contributed by atoms with Crippen LogP contribution in [0.15, 0.2) is 24.3 Å². The summed E-state index contributed by atoms with van der Waals surface area (Å²) >= 11 is 0. The van der Waals surface area contributed by atoms with Gasteiger partial charge in [0.1, 0.15) is 5.75 Å². The average molecular weight is 344 g/mol. The first-order valence-corrected chi connectivity index (χ1v) is 9.55. The number of carbonyl (C=O) groups excluding carboxylic acids is 1. The average Bonchev–Trinajstić information content (AvgIpc) is 3.28. The number of benzene rings is 1. The van der Waals surface area contributed by atoms with Gasteiger partial charge in [0.15, 0.2) is 0 Å². The molecule has 1 aromatic rings. The van der Waals surface area contributed by atoms with Crippen molar-refractivity contribution >= 4 is 6.03 Å². The highest BCUT2D eigenvalue weighted by molar-refractivity contribution is 5.75. The Hall–Kier alpha value is -1.75. The molecule has 2 amide bonds. The number of ether oxygens (including phenoxy) is 2. The molecule has 4 rings (SSSR count). The molecule has 2 aliphatic heterocycles. The first-order chi connectivity index (χ1) is 12.2. The molecule has 1 spiro atoms. The highest BCUT2D eigenvalue weighted by Gasteiger charge is 2.44. The number of nitrogens with one attached hydrogen (secondary N) is 1. The van der Waals surface area contributed by atoms with Crippen molar-refractivity contribution in [3.05, 3.63) is 29.8 Å². The minimum absolute atomic E-state index is 0.113. The summed E-state index contributed by atoms with van der Waals surface area (Å²) in [4.78, 5) is 14.6. The molecule has 5 heteroatoms. The van der Waals surface area contributed by atoms with Crippen LogP contribution in [0.3, 0.4) is 0 Å². The number of likely N-dealkylation sites (tertiary alicyclic amines) is 1. The fourth-order valence-electron chi connectivity index (χ4n) is 4.27. The van der Waals surface area contributed by atoms with Crippen LogP contribution in [0.2, 0.25) is 0 Å². The van der Waals surface area contributed by atoms with E-state index < -0.39 is 0 Å². The normalized spacial score (nSPS) is 27.3. The minimum Gasteiger partial charge on any atom is -0.494 e. The van der Waals surface area contributed by atoms with Crippen LogP contribution >= 0.6 is 0 Å². The third-order valence-corrected chi connectivity index (χ3v) is 6.00. The summed E-state index contributed by atoms with van der Waals surface area (Å²) in [5.41, 5.74) is 1.60. The number of nitrogens with zero attached hydrogens (tertiary/aromatic N) is 1. The van der Waals surface area contributed by atoms with Crippen LogP contribution in [0, 0.1) is 5.41 Å². The largest absolute Gasteiger partial charge is 0.494 e. The van der Waals surface area contributed by atoms with E-state index in [0.717, 1.165) is 57.7 Å². The van der Waals surface area contributed by atoms with E-state index in [0.29, 0.717) is 17.9 Å². The maximum atomic E-state index is 12.6. The third kappa shape index (κ3) is 3.61. The predicted molar refractivity (Wildman–Crippen MR) is 96.0 cm³/mol. The Labute approximate surface area is 149 Å². The molecule has 0 radical (unpaired) electrons. The molecule has 1 saturated carbocycles. The van der Waals surface area contributed by atoms with Crippen LogP contribution in [0.1, 0.15) is 44.1 Å². The van der Waals surface area contributed by atoms with Crippen LogP contribution in [-0.2, 0) is 4.74 Å². The maximum absolute atomic E-state index is 12.6. The van der Waals surface area contributed by atoms with Gasteiger partial charge in [-0.2, -0.15) is 0 Å². The fourth-order valence-corrected chi connectivity index (χ4v) is 4.27. The van der Waals surface area contributed by atoms with Gasteiger partial charge in [-0.1, -0.05) is 12.1 Å². The second kappa shape index (κ2) is 6.87. The summed E-state index contributed by atoms with van der Waals surface area (Å²) in [5.74, 6) is 1.35. The fraction of sp³-hybridized carbons (Fsp3) is 0.650. The molecule has 1 N–H and O–H groups in total.